The highest BCUT2D eigenvalue weighted by Gasteiger charge is 2.30. The topological polar surface area (TPSA) is 73.2 Å². The molecule has 1 amide bonds. The molecule has 1 atom stereocenters. The average Bonchev–Trinajstić information content (AvgIpc) is 3.21. The van der Waals surface area contributed by atoms with Gasteiger partial charge in [0.1, 0.15) is 12.1 Å². The van der Waals surface area contributed by atoms with E-state index < -0.39 is 5.60 Å². The second-order valence-corrected chi connectivity index (χ2v) is 11.9. The van der Waals surface area contributed by atoms with Gasteiger partial charge in [-0.15, -0.1) is 0 Å². The Morgan fingerprint density at radius 3 is 2.49 bits per heavy atom. The molecular formula is C30H39N3O3S. The third-order valence-electron chi connectivity index (χ3n) is 6.74. The highest BCUT2D eigenvalue weighted by atomic mass is 32.2. The van der Waals surface area contributed by atoms with E-state index >= 15 is 0 Å². The monoisotopic (exact) mass is 521 g/mol. The second-order valence-electron chi connectivity index (χ2n) is 10.8. The predicted octanol–water partition coefficient (Wildman–Crippen LogP) is 6.34. The Balaban J connectivity index is 1.34. The molecule has 0 aliphatic heterocycles. The van der Waals surface area contributed by atoms with Gasteiger partial charge in [-0.25, -0.2) is 4.98 Å². The van der Waals surface area contributed by atoms with Crippen molar-refractivity contribution in [2.75, 3.05) is 12.3 Å². The smallest absolute Gasteiger partial charge is 0.326 e. The van der Waals surface area contributed by atoms with Crippen molar-refractivity contribution < 1.29 is 14.3 Å². The van der Waals surface area contributed by atoms with Crippen LogP contribution in [0.25, 0.3) is 11.0 Å². The number of aromatic nitrogens is 2. The Kier molecular flexibility index (Phi) is 9.30. The van der Waals surface area contributed by atoms with Crippen LogP contribution >= 0.6 is 11.8 Å². The maximum Gasteiger partial charge on any atom is 0.326 e. The van der Waals surface area contributed by atoms with Gasteiger partial charge >= 0.3 is 5.97 Å². The summed E-state index contributed by atoms with van der Waals surface area (Å²) in [6.07, 6.45) is 6.76. The van der Waals surface area contributed by atoms with E-state index in [1.165, 1.54) is 19.3 Å². The highest BCUT2D eigenvalue weighted by molar-refractivity contribution is 7.99. The van der Waals surface area contributed by atoms with Crippen LogP contribution in [0.1, 0.15) is 70.8 Å². The van der Waals surface area contributed by atoms with Gasteiger partial charge in [-0.1, -0.05) is 73.5 Å². The number of ether oxygens (including phenoxy) is 1. The van der Waals surface area contributed by atoms with E-state index in [0.29, 0.717) is 12.5 Å². The number of carbonyl (C=O) groups is 2. The van der Waals surface area contributed by atoms with Gasteiger partial charge in [0.05, 0.1) is 17.0 Å². The van der Waals surface area contributed by atoms with Crippen LogP contribution in [0.2, 0.25) is 0 Å². The highest BCUT2D eigenvalue weighted by Crippen LogP contribution is 2.36. The number of amides is 1. The molecule has 0 bridgehead atoms. The maximum atomic E-state index is 13.3. The lowest BCUT2D eigenvalue weighted by Crippen LogP contribution is -2.35. The lowest BCUT2D eigenvalue weighted by Gasteiger charge is -2.29. The number of hydrogen-bond donors (Lipinski definition) is 1. The van der Waals surface area contributed by atoms with Gasteiger partial charge in [0.25, 0.3) is 0 Å². The van der Waals surface area contributed by atoms with Gasteiger partial charge in [-0.2, -0.15) is 0 Å². The van der Waals surface area contributed by atoms with E-state index in [-0.39, 0.29) is 24.3 Å². The fourth-order valence-corrected chi connectivity index (χ4v) is 6.09. The number of para-hydroxylation sites is 2. The number of nitrogens with one attached hydrogen (secondary N) is 1. The van der Waals surface area contributed by atoms with Crippen LogP contribution in [-0.2, 0) is 20.9 Å². The molecule has 1 aliphatic carbocycles. The summed E-state index contributed by atoms with van der Waals surface area (Å²) in [6, 6.07) is 18.1. The van der Waals surface area contributed by atoms with Crippen molar-refractivity contribution >= 4 is 34.7 Å². The van der Waals surface area contributed by atoms with Crippen LogP contribution in [0.15, 0.2) is 59.8 Å². The number of benzene rings is 2. The van der Waals surface area contributed by atoms with E-state index in [2.05, 4.69) is 17.4 Å². The number of thioether (sulfide) groups is 1. The van der Waals surface area contributed by atoms with Crippen molar-refractivity contribution in [1.82, 2.24) is 14.9 Å². The molecule has 4 rings (SSSR count). The number of carbonyl (C=O) groups excluding carboxylic acids is 2. The van der Waals surface area contributed by atoms with E-state index in [9.17, 15) is 9.59 Å². The van der Waals surface area contributed by atoms with Gasteiger partial charge in [0.15, 0.2) is 5.16 Å². The van der Waals surface area contributed by atoms with Crippen LogP contribution in [0.3, 0.4) is 0 Å². The Morgan fingerprint density at radius 1 is 1.05 bits per heavy atom. The van der Waals surface area contributed by atoms with Crippen LogP contribution in [0, 0.1) is 5.92 Å². The summed E-state index contributed by atoms with van der Waals surface area (Å²) in [6.45, 7) is 6.36. The molecule has 1 fully saturated rings. The number of nitrogens with zero attached hydrogens (tertiary/aromatic N) is 2. The number of esters is 1. The minimum absolute atomic E-state index is 0.0767. The molecule has 1 heterocycles. The first-order chi connectivity index (χ1) is 17.8. The van der Waals surface area contributed by atoms with Crippen molar-refractivity contribution in [1.29, 1.82) is 0 Å². The van der Waals surface area contributed by atoms with Crippen molar-refractivity contribution in [2.24, 2.45) is 5.92 Å². The number of hydrogen-bond acceptors (Lipinski definition) is 5. The average molecular weight is 522 g/mol. The van der Waals surface area contributed by atoms with E-state index in [0.717, 1.165) is 46.8 Å². The minimum atomic E-state index is -0.534. The van der Waals surface area contributed by atoms with Crippen molar-refractivity contribution in [2.45, 2.75) is 82.5 Å². The van der Waals surface area contributed by atoms with Crippen molar-refractivity contribution in [3.8, 4) is 0 Å². The molecule has 7 heteroatoms. The van der Waals surface area contributed by atoms with Crippen LogP contribution < -0.4 is 5.32 Å². The molecule has 1 aromatic heterocycles. The molecule has 198 valence electrons. The van der Waals surface area contributed by atoms with Gasteiger partial charge in [0.2, 0.25) is 5.91 Å². The predicted molar refractivity (Wildman–Crippen MR) is 150 cm³/mol. The van der Waals surface area contributed by atoms with Crippen LogP contribution in [0.4, 0.5) is 0 Å². The SMILES string of the molecule is CC(C)(C)OC(=O)Cn1c(SCCCNC(=O)C(c2ccccc2)C2CCCCC2)nc2ccccc21. The van der Waals surface area contributed by atoms with Crippen molar-refractivity contribution in [3.05, 3.63) is 60.2 Å². The van der Waals surface area contributed by atoms with Gasteiger partial charge in [0, 0.05) is 12.3 Å². The third-order valence-corrected chi connectivity index (χ3v) is 7.80. The molecule has 3 aromatic rings. The zero-order chi connectivity index (χ0) is 26.3. The van der Waals surface area contributed by atoms with Crippen molar-refractivity contribution in [3.63, 3.8) is 0 Å². The molecule has 0 radical (unpaired) electrons. The minimum Gasteiger partial charge on any atom is -0.459 e. The largest absolute Gasteiger partial charge is 0.459 e. The zero-order valence-corrected chi connectivity index (χ0v) is 23.1. The Morgan fingerprint density at radius 2 is 1.76 bits per heavy atom. The summed E-state index contributed by atoms with van der Waals surface area (Å²) in [4.78, 5) is 30.6. The fourth-order valence-electron chi connectivity index (χ4n) is 5.14. The molecule has 0 saturated heterocycles. The summed E-state index contributed by atoms with van der Waals surface area (Å²) >= 11 is 1.61. The molecular weight excluding hydrogens is 482 g/mol. The molecule has 2 aromatic carbocycles. The molecule has 1 N–H and O–H groups in total. The first kappa shape index (κ1) is 27.2. The Bertz CT molecular complexity index is 1180. The van der Waals surface area contributed by atoms with E-state index in [1.54, 1.807) is 11.8 Å². The molecule has 1 saturated carbocycles. The molecule has 1 aliphatic rings. The van der Waals surface area contributed by atoms with Gasteiger partial charge in [-0.05, 0) is 63.6 Å². The first-order valence-corrected chi connectivity index (χ1v) is 14.4. The molecule has 1 unspecified atom stereocenters. The normalized spacial score (nSPS) is 15.4. The Labute approximate surface area is 224 Å². The molecule has 6 nitrogen and oxygen atoms in total. The van der Waals surface area contributed by atoms with E-state index in [4.69, 9.17) is 9.72 Å². The Hall–Kier alpha value is -2.80. The summed E-state index contributed by atoms with van der Waals surface area (Å²) in [5, 5.41) is 4.00. The number of rotatable bonds is 10. The fraction of sp³-hybridized carbons (Fsp3) is 0.500. The van der Waals surface area contributed by atoms with E-state index in [1.807, 2.05) is 67.8 Å². The number of fused-ring (bicyclic) bond motifs is 1. The maximum absolute atomic E-state index is 13.3. The molecule has 0 spiro atoms. The first-order valence-electron chi connectivity index (χ1n) is 13.4. The van der Waals surface area contributed by atoms with Gasteiger partial charge < -0.3 is 14.6 Å². The third kappa shape index (κ3) is 7.60. The lowest BCUT2D eigenvalue weighted by atomic mass is 9.76. The standard InChI is InChI=1S/C30H39N3O3S/c1-30(2,3)36-26(34)21-33-25-18-11-10-17-24(25)32-29(33)37-20-12-19-31-28(35)27(22-13-6-4-7-14-22)23-15-8-5-9-16-23/h4,6-7,10-11,13-14,17-18,23,27H,5,8-9,12,15-16,19-21H2,1-3H3,(H,31,35). The summed E-state index contributed by atoms with van der Waals surface area (Å²) in [5.74, 6) is 0.988. The van der Waals surface area contributed by atoms with Gasteiger partial charge in [-0.3, -0.25) is 9.59 Å². The summed E-state index contributed by atoms with van der Waals surface area (Å²) in [5.41, 5.74) is 2.37. The molecule has 37 heavy (non-hydrogen) atoms. The number of imidazole rings is 1. The quantitative estimate of drug-likeness (QED) is 0.191. The summed E-state index contributed by atoms with van der Waals surface area (Å²) in [7, 11) is 0. The second kappa shape index (κ2) is 12.6. The van der Waals surface area contributed by atoms with Crippen LogP contribution in [0.5, 0.6) is 0 Å². The summed E-state index contributed by atoms with van der Waals surface area (Å²) < 4.78 is 7.48. The zero-order valence-electron chi connectivity index (χ0n) is 22.2. The lowest BCUT2D eigenvalue weighted by molar-refractivity contribution is -0.155. The van der Waals surface area contributed by atoms with Crippen LogP contribution in [-0.4, -0.2) is 39.3 Å².